The van der Waals surface area contributed by atoms with E-state index >= 15 is 0 Å². The molecule has 2 aromatic rings. The molecule has 0 aliphatic heterocycles. The predicted molar refractivity (Wildman–Crippen MR) is 107 cm³/mol. The van der Waals surface area contributed by atoms with Crippen LogP contribution in [0.4, 0.5) is 4.39 Å². The maximum absolute atomic E-state index is 13.3. The molecule has 7 nitrogen and oxygen atoms in total. The number of carbonyl (C=O) groups excluding carboxylic acids is 2. The Hall–Kier alpha value is -3.16. The van der Waals surface area contributed by atoms with Gasteiger partial charge in [-0.05, 0) is 43.9 Å². The summed E-state index contributed by atoms with van der Waals surface area (Å²) in [7, 11) is 1.36. The van der Waals surface area contributed by atoms with Crippen LogP contribution in [0.5, 0.6) is 11.5 Å². The molecule has 30 heavy (non-hydrogen) atoms. The van der Waals surface area contributed by atoms with E-state index < -0.39 is 23.7 Å². The van der Waals surface area contributed by atoms with Crippen molar-refractivity contribution in [3.63, 3.8) is 0 Å². The quantitative estimate of drug-likeness (QED) is 0.673. The number of benzene rings is 1. The zero-order valence-electron chi connectivity index (χ0n) is 17.1. The molecule has 1 amide bonds. The van der Waals surface area contributed by atoms with Crippen molar-refractivity contribution in [3.05, 3.63) is 53.6 Å². The third-order valence-electron chi connectivity index (χ3n) is 5.80. The first kappa shape index (κ1) is 21.5. The zero-order chi connectivity index (χ0) is 21.9. The van der Waals surface area contributed by atoms with Gasteiger partial charge in [-0.25, -0.2) is 14.2 Å². The Kier molecular flexibility index (Phi) is 6.24. The molecule has 1 aliphatic rings. The molecule has 1 aromatic heterocycles. The summed E-state index contributed by atoms with van der Waals surface area (Å²) < 4.78 is 24.0. The maximum atomic E-state index is 13.3. The van der Waals surface area contributed by atoms with E-state index in [2.05, 4.69) is 10.3 Å². The molecule has 3 atom stereocenters. The lowest BCUT2D eigenvalue weighted by molar-refractivity contribution is -0.163. The van der Waals surface area contributed by atoms with Gasteiger partial charge in [0, 0.05) is 17.7 Å². The van der Waals surface area contributed by atoms with Crippen LogP contribution in [0.2, 0.25) is 0 Å². The Balaban J connectivity index is 1.67. The Labute approximate surface area is 174 Å². The maximum Gasteiger partial charge on any atom is 0.328 e. The minimum atomic E-state index is -0.951. The van der Waals surface area contributed by atoms with E-state index in [1.807, 2.05) is 6.92 Å². The standard InChI is InChI=1S/C22H25FN2O5/c1-4-22(14-5-7-15(23)8-6-14)11-9-17(22)30-21(28)13(2)25-20(27)18-19(26)16(29-3)10-12-24-18/h5-8,10,12-13,17,26H,4,9,11H2,1-3H3,(H,25,27)/t13-,17?,22?/m0/s1. The monoisotopic (exact) mass is 416 g/mol. The minimum absolute atomic E-state index is 0.104. The fourth-order valence-corrected chi connectivity index (χ4v) is 3.84. The van der Waals surface area contributed by atoms with Gasteiger partial charge in [-0.15, -0.1) is 0 Å². The van der Waals surface area contributed by atoms with Gasteiger partial charge in [0.15, 0.2) is 17.2 Å². The number of methoxy groups -OCH3 is 1. The lowest BCUT2D eigenvalue weighted by Crippen LogP contribution is -2.53. The molecule has 1 heterocycles. The van der Waals surface area contributed by atoms with Crippen LogP contribution in [-0.2, 0) is 14.9 Å². The molecular weight excluding hydrogens is 391 g/mol. The zero-order valence-corrected chi connectivity index (χ0v) is 17.1. The van der Waals surface area contributed by atoms with Crippen LogP contribution < -0.4 is 10.1 Å². The second-order valence-corrected chi connectivity index (χ2v) is 7.39. The van der Waals surface area contributed by atoms with Gasteiger partial charge in [0.2, 0.25) is 0 Å². The second kappa shape index (κ2) is 8.69. The Morgan fingerprint density at radius 1 is 1.33 bits per heavy atom. The second-order valence-electron chi connectivity index (χ2n) is 7.39. The summed E-state index contributed by atoms with van der Waals surface area (Å²) in [6.45, 7) is 3.51. The van der Waals surface area contributed by atoms with Crippen molar-refractivity contribution < 1.29 is 28.6 Å². The third-order valence-corrected chi connectivity index (χ3v) is 5.80. The molecule has 2 unspecified atom stereocenters. The molecular formula is C22H25FN2O5. The number of nitrogens with one attached hydrogen (secondary N) is 1. The van der Waals surface area contributed by atoms with Crippen LogP contribution in [-0.4, -0.2) is 41.2 Å². The molecule has 2 N–H and O–H groups in total. The summed E-state index contributed by atoms with van der Waals surface area (Å²) in [5, 5.41) is 12.6. The summed E-state index contributed by atoms with van der Waals surface area (Å²) in [6, 6.07) is 6.72. The van der Waals surface area contributed by atoms with E-state index in [0.717, 1.165) is 18.4 Å². The van der Waals surface area contributed by atoms with Crippen molar-refractivity contribution in [1.29, 1.82) is 0 Å². The lowest BCUT2D eigenvalue weighted by atomic mass is 9.60. The molecule has 1 aliphatic carbocycles. The topological polar surface area (TPSA) is 97.8 Å². The number of esters is 1. The van der Waals surface area contributed by atoms with Crippen molar-refractivity contribution in [2.75, 3.05) is 7.11 Å². The number of pyridine rings is 1. The SMILES string of the molecule is CCC1(c2ccc(F)cc2)CCC1OC(=O)[C@H](C)NC(=O)c1nccc(OC)c1O. The average molecular weight is 416 g/mol. The number of aromatic hydroxyl groups is 1. The molecule has 3 rings (SSSR count). The molecule has 8 heteroatoms. The number of carbonyl (C=O) groups is 2. The highest BCUT2D eigenvalue weighted by Gasteiger charge is 2.49. The molecule has 1 fully saturated rings. The highest BCUT2D eigenvalue weighted by Crippen LogP contribution is 2.48. The first-order chi connectivity index (χ1) is 14.3. The fraction of sp³-hybridized carbons (Fsp3) is 0.409. The van der Waals surface area contributed by atoms with Gasteiger partial charge in [0.25, 0.3) is 5.91 Å². The number of amides is 1. The van der Waals surface area contributed by atoms with Gasteiger partial charge in [0.05, 0.1) is 7.11 Å². The summed E-state index contributed by atoms with van der Waals surface area (Å²) in [5.74, 6) is -1.92. The van der Waals surface area contributed by atoms with Crippen LogP contribution in [0.15, 0.2) is 36.5 Å². The van der Waals surface area contributed by atoms with Crippen molar-refractivity contribution >= 4 is 11.9 Å². The van der Waals surface area contributed by atoms with Crippen LogP contribution in [0.25, 0.3) is 0 Å². The van der Waals surface area contributed by atoms with Crippen LogP contribution in [0, 0.1) is 5.82 Å². The van der Waals surface area contributed by atoms with Gasteiger partial charge in [-0.1, -0.05) is 19.1 Å². The van der Waals surface area contributed by atoms with Gasteiger partial charge >= 0.3 is 5.97 Å². The summed E-state index contributed by atoms with van der Waals surface area (Å²) >= 11 is 0. The normalized spacial score (nSPS) is 21.3. The van der Waals surface area contributed by atoms with Crippen LogP contribution in [0.3, 0.4) is 0 Å². The number of ether oxygens (including phenoxy) is 2. The van der Waals surface area contributed by atoms with E-state index in [-0.39, 0.29) is 28.8 Å². The van der Waals surface area contributed by atoms with E-state index in [4.69, 9.17) is 9.47 Å². The Bertz CT molecular complexity index is 930. The summed E-state index contributed by atoms with van der Waals surface area (Å²) in [5.41, 5.74) is 0.323. The van der Waals surface area contributed by atoms with Crippen molar-refractivity contribution in [3.8, 4) is 11.5 Å². The van der Waals surface area contributed by atoms with Gasteiger partial charge < -0.3 is 19.9 Å². The van der Waals surface area contributed by atoms with E-state index in [1.54, 1.807) is 12.1 Å². The van der Waals surface area contributed by atoms with Crippen LogP contribution in [0.1, 0.15) is 49.2 Å². The van der Waals surface area contributed by atoms with E-state index in [0.29, 0.717) is 6.42 Å². The van der Waals surface area contributed by atoms with Crippen LogP contribution >= 0.6 is 0 Å². The summed E-state index contributed by atoms with van der Waals surface area (Å²) in [6.07, 6.45) is 3.22. The first-order valence-corrected chi connectivity index (χ1v) is 9.81. The lowest BCUT2D eigenvalue weighted by Gasteiger charge is -2.49. The number of hydrogen-bond acceptors (Lipinski definition) is 6. The van der Waals surface area contributed by atoms with Crippen molar-refractivity contribution in [2.45, 2.75) is 50.7 Å². The van der Waals surface area contributed by atoms with Gasteiger partial charge in [0.1, 0.15) is 18.0 Å². The number of hydrogen-bond donors (Lipinski definition) is 2. The average Bonchev–Trinajstić information content (AvgIpc) is 2.73. The predicted octanol–water partition coefficient (Wildman–Crippen LogP) is 3.11. The third kappa shape index (κ3) is 3.94. The number of halogens is 1. The molecule has 160 valence electrons. The highest BCUT2D eigenvalue weighted by atomic mass is 19.1. The van der Waals surface area contributed by atoms with Crippen molar-refractivity contribution in [1.82, 2.24) is 10.3 Å². The molecule has 1 aromatic carbocycles. The highest BCUT2D eigenvalue weighted by molar-refractivity contribution is 5.97. The number of nitrogens with zero attached hydrogens (tertiary/aromatic N) is 1. The Morgan fingerprint density at radius 2 is 2.03 bits per heavy atom. The van der Waals surface area contributed by atoms with Gasteiger partial charge in [-0.3, -0.25) is 4.79 Å². The number of aromatic nitrogens is 1. The molecule has 1 saturated carbocycles. The smallest absolute Gasteiger partial charge is 0.328 e. The van der Waals surface area contributed by atoms with Crippen molar-refractivity contribution in [2.24, 2.45) is 0 Å². The van der Waals surface area contributed by atoms with E-state index in [1.165, 1.54) is 38.4 Å². The molecule has 0 radical (unpaired) electrons. The minimum Gasteiger partial charge on any atom is -0.503 e. The van der Waals surface area contributed by atoms with E-state index in [9.17, 15) is 19.1 Å². The fourth-order valence-electron chi connectivity index (χ4n) is 3.84. The molecule has 0 spiro atoms. The summed E-state index contributed by atoms with van der Waals surface area (Å²) in [4.78, 5) is 28.9. The van der Waals surface area contributed by atoms with Gasteiger partial charge in [-0.2, -0.15) is 0 Å². The first-order valence-electron chi connectivity index (χ1n) is 9.81. The Morgan fingerprint density at radius 3 is 2.60 bits per heavy atom. The molecule has 0 saturated heterocycles. The largest absolute Gasteiger partial charge is 0.503 e. The number of rotatable bonds is 7. The molecule has 0 bridgehead atoms.